The first-order valence-corrected chi connectivity index (χ1v) is 6.19. The van der Waals surface area contributed by atoms with Gasteiger partial charge in [0.2, 0.25) is 0 Å². The van der Waals surface area contributed by atoms with Crippen molar-refractivity contribution in [3.05, 3.63) is 54.1 Å². The first-order chi connectivity index (χ1) is 9.00. The van der Waals surface area contributed by atoms with Gasteiger partial charge in [0, 0.05) is 24.4 Å². The number of halogens is 1. The second-order valence-corrected chi connectivity index (χ2v) is 5.17. The van der Waals surface area contributed by atoms with E-state index in [1.165, 1.54) is 11.6 Å². The summed E-state index contributed by atoms with van der Waals surface area (Å²) in [5.41, 5.74) is 7.57. The topological polar surface area (TPSA) is 50.9 Å². The van der Waals surface area contributed by atoms with Gasteiger partial charge in [-0.15, -0.1) is 0 Å². The van der Waals surface area contributed by atoms with Crippen LogP contribution in [0.3, 0.4) is 0 Å². The minimum atomic E-state index is -0.397. The molecule has 19 heavy (non-hydrogen) atoms. The number of pyridine rings is 1. The van der Waals surface area contributed by atoms with Gasteiger partial charge in [-0.1, -0.05) is 19.9 Å². The standard InChI is InChI=1S/C15H18FN3/c1-15(2,11-6-8-18-9-7-11)10-19-13-5-3-4-12(16)14(13)17/h3-9,19H,10,17H2,1-2H3. The van der Waals surface area contributed by atoms with Crippen LogP contribution in [0.1, 0.15) is 19.4 Å². The molecular formula is C15H18FN3. The van der Waals surface area contributed by atoms with Gasteiger partial charge in [0.25, 0.3) is 0 Å². The van der Waals surface area contributed by atoms with Crippen molar-refractivity contribution < 1.29 is 4.39 Å². The zero-order valence-electron chi connectivity index (χ0n) is 11.2. The molecule has 0 saturated heterocycles. The maximum atomic E-state index is 13.3. The van der Waals surface area contributed by atoms with Crippen LogP contribution >= 0.6 is 0 Å². The Morgan fingerprint density at radius 3 is 2.58 bits per heavy atom. The van der Waals surface area contributed by atoms with E-state index in [9.17, 15) is 4.39 Å². The predicted octanol–water partition coefficient (Wildman–Crippen LogP) is 3.19. The lowest BCUT2D eigenvalue weighted by molar-refractivity contribution is 0.556. The van der Waals surface area contributed by atoms with Gasteiger partial charge in [-0.25, -0.2) is 4.39 Å². The molecule has 0 unspecified atom stereocenters. The zero-order valence-corrected chi connectivity index (χ0v) is 11.2. The second-order valence-electron chi connectivity index (χ2n) is 5.17. The van der Waals surface area contributed by atoms with Crippen LogP contribution < -0.4 is 11.1 Å². The van der Waals surface area contributed by atoms with Crippen LogP contribution in [-0.4, -0.2) is 11.5 Å². The summed E-state index contributed by atoms with van der Waals surface area (Å²) in [4.78, 5) is 4.01. The van der Waals surface area contributed by atoms with Crippen LogP contribution in [0.5, 0.6) is 0 Å². The maximum absolute atomic E-state index is 13.3. The highest BCUT2D eigenvalue weighted by molar-refractivity contribution is 5.66. The van der Waals surface area contributed by atoms with Crippen LogP contribution in [0.25, 0.3) is 0 Å². The van der Waals surface area contributed by atoms with E-state index in [4.69, 9.17) is 5.73 Å². The van der Waals surface area contributed by atoms with E-state index in [-0.39, 0.29) is 11.1 Å². The van der Waals surface area contributed by atoms with Crippen molar-refractivity contribution in [2.24, 2.45) is 0 Å². The molecule has 0 aliphatic carbocycles. The SMILES string of the molecule is CC(C)(CNc1cccc(F)c1N)c1ccncc1. The van der Waals surface area contributed by atoms with Gasteiger partial charge in [0.1, 0.15) is 5.82 Å². The van der Waals surface area contributed by atoms with Gasteiger partial charge in [-0.05, 0) is 29.8 Å². The van der Waals surface area contributed by atoms with E-state index in [0.29, 0.717) is 12.2 Å². The number of nitrogen functional groups attached to an aromatic ring is 1. The minimum absolute atomic E-state index is 0.0955. The summed E-state index contributed by atoms with van der Waals surface area (Å²) < 4.78 is 13.3. The molecule has 0 bridgehead atoms. The number of anilines is 2. The third-order valence-corrected chi connectivity index (χ3v) is 3.24. The summed E-state index contributed by atoms with van der Waals surface area (Å²) in [5, 5.41) is 3.21. The Balaban J connectivity index is 2.12. The lowest BCUT2D eigenvalue weighted by atomic mass is 9.85. The van der Waals surface area contributed by atoms with Gasteiger partial charge in [-0.3, -0.25) is 4.98 Å². The highest BCUT2D eigenvalue weighted by atomic mass is 19.1. The van der Waals surface area contributed by atoms with Crippen LogP contribution in [0, 0.1) is 5.82 Å². The average molecular weight is 259 g/mol. The lowest BCUT2D eigenvalue weighted by Gasteiger charge is -2.26. The summed E-state index contributed by atoms with van der Waals surface area (Å²) in [5.74, 6) is -0.397. The monoisotopic (exact) mass is 259 g/mol. The molecule has 0 fully saturated rings. The molecule has 1 heterocycles. The number of benzene rings is 1. The third-order valence-electron chi connectivity index (χ3n) is 3.24. The van der Waals surface area contributed by atoms with E-state index >= 15 is 0 Å². The number of rotatable bonds is 4. The molecular weight excluding hydrogens is 241 g/mol. The van der Waals surface area contributed by atoms with Crippen LogP contribution in [0.2, 0.25) is 0 Å². The van der Waals surface area contributed by atoms with Crippen molar-refractivity contribution in [2.75, 3.05) is 17.6 Å². The molecule has 0 aliphatic heterocycles. The summed E-state index contributed by atoms with van der Waals surface area (Å²) in [6, 6.07) is 8.75. The molecule has 0 spiro atoms. The second kappa shape index (κ2) is 5.26. The van der Waals surface area contributed by atoms with Crippen molar-refractivity contribution in [3.63, 3.8) is 0 Å². The van der Waals surface area contributed by atoms with Crippen molar-refractivity contribution in [2.45, 2.75) is 19.3 Å². The number of nitrogens with zero attached hydrogens (tertiary/aromatic N) is 1. The fourth-order valence-electron chi connectivity index (χ4n) is 1.91. The molecule has 0 saturated carbocycles. The number of aromatic nitrogens is 1. The number of para-hydroxylation sites is 1. The average Bonchev–Trinajstić information content (AvgIpc) is 2.41. The summed E-state index contributed by atoms with van der Waals surface area (Å²) >= 11 is 0. The van der Waals surface area contributed by atoms with Crippen molar-refractivity contribution in [3.8, 4) is 0 Å². The number of nitrogens with two attached hydrogens (primary N) is 1. The predicted molar refractivity (Wildman–Crippen MR) is 76.6 cm³/mol. The van der Waals surface area contributed by atoms with Crippen LogP contribution in [-0.2, 0) is 5.41 Å². The molecule has 2 aromatic rings. The number of nitrogens with one attached hydrogen (secondary N) is 1. The van der Waals surface area contributed by atoms with Gasteiger partial charge in [0.05, 0.1) is 11.4 Å². The quantitative estimate of drug-likeness (QED) is 0.829. The third kappa shape index (κ3) is 3.02. The minimum Gasteiger partial charge on any atom is -0.395 e. The Bertz CT molecular complexity index is 553. The maximum Gasteiger partial charge on any atom is 0.148 e. The Labute approximate surface area is 112 Å². The Morgan fingerprint density at radius 2 is 1.89 bits per heavy atom. The molecule has 4 heteroatoms. The molecule has 3 N–H and O–H groups in total. The molecule has 3 nitrogen and oxygen atoms in total. The Morgan fingerprint density at radius 1 is 1.21 bits per heavy atom. The molecule has 2 rings (SSSR count). The summed E-state index contributed by atoms with van der Waals surface area (Å²) in [6.45, 7) is 4.89. The fraction of sp³-hybridized carbons (Fsp3) is 0.267. The molecule has 1 aromatic carbocycles. The highest BCUT2D eigenvalue weighted by Gasteiger charge is 2.20. The summed E-state index contributed by atoms with van der Waals surface area (Å²) in [6.07, 6.45) is 3.54. The Hall–Kier alpha value is -2.10. The first kappa shape index (κ1) is 13.3. The molecule has 0 amide bonds. The Kier molecular flexibility index (Phi) is 3.69. The van der Waals surface area contributed by atoms with Gasteiger partial charge in [-0.2, -0.15) is 0 Å². The van der Waals surface area contributed by atoms with E-state index in [2.05, 4.69) is 24.1 Å². The van der Waals surface area contributed by atoms with Crippen molar-refractivity contribution >= 4 is 11.4 Å². The van der Waals surface area contributed by atoms with Gasteiger partial charge < -0.3 is 11.1 Å². The molecule has 0 radical (unpaired) electrons. The van der Waals surface area contributed by atoms with Gasteiger partial charge in [0.15, 0.2) is 0 Å². The molecule has 0 aliphatic rings. The van der Waals surface area contributed by atoms with E-state index < -0.39 is 5.82 Å². The normalized spacial score (nSPS) is 11.3. The number of hydrogen-bond donors (Lipinski definition) is 2. The smallest absolute Gasteiger partial charge is 0.148 e. The van der Waals surface area contributed by atoms with Crippen molar-refractivity contribution in [1.82, 2.24) is 4.98 Å². The van der Waals surface area contributed by atoms with Crippen LogP contribution in [0.15, 0.2) is 42.7 Å². The highest BCUT2D eigenvalue weighted by Crippen LogP contribution is 2.26. The lowest BCUT2D eigenvalue weighted by Crippen LogP contribution is -2.28. The molecule has 0 atom stereocenters. The molecule has 100 valence electrons. The fourth-order valence-corrected chi connectivity index (χ4v) is 1.91. The largest absolute Gasteiger partial charge is 0.395 e. The van der Waals surface area contributed by atoms with Gasteiger partial charge >= 0.3 is 0 Å². The molecule has 1 aromatic heterocycles. The van der Waals surface area contributed by atoms with E-state index in [1.54, 1.807) is 24.5 Å². The first-order valence-electron chi connectivity index (χ1n) is 6.19. The summed E-state index contributed by atoms with van der Waals surface area (Å²) in [7, 11) is 0. The zero-order chi connectivity index (χ0) is 13.9. The van der Waals surface area contributed by atoms with E-state index in [1.807, 2.05) is 12.1 Å². The van der Waals surface area contributed by atoms with Crippen molar-refractivity contribution in [1.29, 1.82) is 0 Å². The van der Waals surface area contributed by atoms with E-state index in [0.717, 1.165) is 0 Å². The number of hydrogen-bond acceptors (Lipinski definition) is 3. The van der Waals surface area contributed by atoms with Crippen LogP contribution in [0.4, 0.5) is 15.8 Å².